The molecule has 1 aliphatic heterocycles. The van der Waals surface area contributed by atoms with Crippen molar-refractivity contribution in [1.82, 2.24) is 10.2 Å². The van der Waals surface area contributed by atoms with Crippen LogP contribution in [0.3, 0.4) is 0 Å². The van der Waals surface area contributed by atoms with Crippen molar-refractivity contribution in [2.45, 2.75) is 26.7 Å². The molecule has 31 heavy (non-hydrogen) atoms. The van der Waals surface area contributed by atoms with E-state index in [1.165, 1.54) is 0 Å². The minimum absolute atomic E-state index is 0.0701. The highest BCUT2D eigenvalue weighted by Gasteiger charge is 2.27. The Morgan fingerprint density at radius 1 is 1.03 bits per heavy atom. The van der Waals surface area contributed by atoms with E-state index in [0.717, 1.165) is 59.0 Å². The number of ether oxygens (including phenoxy) is 1. The molecule has 2 aromatic carbocycles. The van der Waals surface area contributed by atoms with E-state index >= 15 is 0 Å². The summed E-state index contributed by atoms with van der Waals surface area (Å²) in [6.07, 6.45) is 1.82. The number of carbonyl (C=O) groups is 1. The minimum atomic E-state index is -0.0801. The first-order chi connectivity index (χ1) is 15.1. The fourth-order valence-electron chi connectivity index (χ4n) is 4.13. The van der Waals surface area contributed by atoms with Crippen LogP contribution in [0.5, 0.6) is 5.75 Å². The van der Waals surface area contributed by atoms with Crippen LogP contribution < -0.4 is 15.0 Å². The Morgan fingerprint density at radius 3 is 2.52 bits per heavy atom. The average molecular weight is 417 g/mol. The third-order valence-corrected chi connectivity index (χ3v) is 5.88. The van der Waals surface area contributed by atoms with Gasteiger partial charge in [0, 0.05) is 24.3 Å². The monoisotopic (exact) mass is 416 g/mol. The third kappa shape index (κ3) is 4.53. The molecule has 1 amide bonds. The van der Waals surface area contributed by atoms with Gasteiger partial charge >= 0.3 is 0 Å². The van der Waals surface area contributed by atoms with E-state index in [2.05, 4.69) is 20.4 Å². The molecular weight excluding hydrogens is 388 g/mol. The second-order valence-electron chi connectivity index (χ2n) is 8.02. The lowest BCUT2D eigenvalue weighted by atomic mass is 9.96. The summed E-state index contributed by atoms with van der Waals surface area (Å²) in [6.45, 7) is 5.55. The zero-order valence-corrected chi connectivity index (χ0v) is 18.3. The largest absolute Gasteiger partial charge is 0.496 e. The van der Waals surface area contributed by atoms with Crippen molar-refractivity contribution < 1.29 is 9.53 Å². The molecule has 1 N–H and O–H groups in total. The zero-order valence-electron chi connectivity index (χ0n) is 18.3. The first-order valence-electron chi connectivity index (χ1n) is 10.7. The maximum absolute atomic E-state index is 13.0. The summed E-state index contributed by atoms with van der Waals surface area (Å²) in [5.74, 6) is 1.55. The molecule has 1 unspecified atom stereocenters. The van der Waals surface area contributed by atoms with Gasteiger partial charge in [-0.15, -0.1) is 10.2 Å². The van der Waals surface area contributed by atoms with Crippen molar-refractivity contribution in [3.8, 4) is 17.0 Å². The molecule has 0 bridgehead atoms. The second-order valence-corrected chi connectivity index (χ2v) is 8.02. The van der Waals surface area contributed by atoms with Gasteiger partial charge in [-0.25, -0.2) is 0 Å². The number of benzene rings is 2. The van der Waals surface area contributed by atoms with Crippen LogP contribution >= 0.6 is 0 Å². The molecular formula is C25H28N4O2. The number of aromatic nitrogens is 2. The molecule has 1 fully saturated rings. The maximum atomic E-state index is 13.0. The van der Waals surface area contributed by atoms with Gasteiger partial charge in [0.05, 0.1) is 18.7 Å². The van der Waals surface area contributed by atoms with Crippen LogP contribution in [0.2, 0.25) is 0 Å². The number of methoxy groups -OCH3 is 1. The summed E-state index contributed by atoms with van der Waals surface area (Å²) in [6, 6.07) is 17.8. The Hall–Kier alpha value is -3.41. The Kier molecular flexibility index (Phi) is 6.16. The summed E-state index contributed by atoms with van der Waals surface area (Å²) in [5.41, 5.74) is 4.76. The molecule has 6 heteroatoms. The molecule has 1 aromatic heterocycles. The number of hydrogen-bond acceptors (Lipinski definition) is 5. The summed E-state index contributed by atoms with van der Waals surface area (Å²) < 4.78 is 5.43. The summed E-state index contributed by atoms with van der Waals surface area (Å²) >= 11 is 0. The second kappa shape index (κ2) is 9.16. The van der Waals surface area contributed by atoms with E-state index in [0.29, 0.717) is 6.54 Å². The number of aryl methyl sites for hydroxylation is 2. The van der Waals surface area contributed by atoms with Gasteiger partial charge < -0.3 is 15.0 Å². The van der Waals surface area contributed by atoms with E-state index in [-0.39, 0.29) is 11.8 Å². The van der Waals surface area contributed by atoms with Crippen molar-refractivity contribution in [3.05, 3.63) is 65.7 Å². The molecule has 0 aliphatic carbocycles. The third-order valence-electron chi connectivity index (χ3n) is 5.88. The Labute approximate surface area is 183 Å². The van der Waals surface area contributed by atoms with Gasteiger partial charge in [0.2, 0.25) is 5.91 Å². The first kappa shape index (κ1) is 20.8. The molecule has 0 radical (unpaired) electrons. The normalized spacial score (nSPS) is 16.1. The van der Waals surface area contributed by atoms with Crippen LogP contribution in [-0.2, 0) is 4.79 Å². The highest BCUT2D eigenvalue weighted by Crippen LogP contribution is 2.29. The maximum Gasteiger partial charge on any atom is 0.229 e. The molecule has 1 aliphatic rings. The molecule has 0 saturated carbocycles. The van der Waals surface area contributed by atoms with E-state index in [1.807, 2.05) is 68.4 Å². The number of carbonyl (C=O) groups excluding carboxylic acids is 1. The van der Waals surface area contributed by atoms with Crippen molar-refractivity contribution in [3.63, 3.8) is 0 Å². The molecule has 2 heterocycles. The highest BCUT2D eigenvalue weighted by atomic mass is 16.5. The lowest BCUT2D eigenvalue weighted by Gasteiger charge is -2.32. The SMILES string of the molecule is COc1ccccc1-c1ccc(N2CCCC(C(=O)Nc3c(C)cccc3C)C2)nn1. The quantitative estimate of drug-likeness (QED) is 0.657. The van der Waals surface area contributed by atoms with Gasteiger partial charge in [-0.2, -0.15) is 0 Å². The Morgan fingerprint density at radius 2 is 1.81 bits per heavy atom. The number of piperidine rings is 1. The first-order valence-corrected chi connectivity index (χ1v) is 10.7. The van der Waals surface area contributed by atoms with Crippen molar-refractivity contribution in [2.75, 3.05) is 30.4 Å². The fourth-order valence-corrected chi connectivity index (χ4v) is 4.13. The van der Waals surface area contributed by atoms with E-state index in [4.69, 9.17) is 4.74 Å². The molecule has 4 rings (SSSR count). The summed E-state index contributed by atoms with van der Waals surface area (Å²) in [5, 5.41) is 12.0. The summed E-state index contributed by atoms with van der Waals surface area (Å²) in [7, 11) is 1.65. The predicted octanol–water partition coefficient (Wildman–Crippen LogP) is 4.62. The lowest BCUT2D eigenvalue weighted by molar-refractivity contribution is -0.120. The topological polar surface area (TPSA) is 67.3 Å². The van der Waals surface area contributed by atoms with Gasteiger partial charge in [0.1, 0.15) is 5.75 Å². The molecule has 1 atom stereocenters. The van der Waals surface area contributed by atoms with Crippen molar-refractivity contribution in [2.24, 2.45) is 5.92 Å². The van der Waals surface area contributed by atoms with E-state index in [9.17, 15) is 4.79 Å². The van der Waals surface area contributed by atoms with Crippen LogP contribution in [0.15, 0.2) is 54.6 Å². The van der Waals surface area contributed by atoms with Crippen LogP contribution in [0.25, 0.3) is 11.3 Å². The minimum Gasteiger partial charge on any atom is -0.496 e. The number of hydrogen-bond donors (Lipinski definition) is 1. The van der Waals surface area contributed by atoms with Gasteiger partial charge in [-0.1, -0.05) is 30.3 Å². The number of nitrogens with zero attached hydrogens (tertiary/aromatic N) is 3. The van der Waals surface area contributed by atoms with Gasteiger partial charge in [0.15, 0.2) is 5.82 Å². The van der Waals surface area contributed by atoms with Crippen LogP contribution in [0.4, 0.5) is 11.5 Å². The Bertz CT molecular complexity index is 1050. The highest BCUT2D eigenvalue weighted by molar-refractivity contribution is 5.94. The molecule has 6 nitrogen and oxygen atoms in total. The number of rotatable bonds is 5. The standard InChI is InChI=1S/C25H28N4O2/c1-17-8-6-9-18(2)24(17)26-25(30)19-10-7-15-29(16-19)23-14-13-21(27-28-23)20-11-4-5-12-22(20)31-3/h4-6,8-9,11-14,19H,7,10,15-16H2,1-3H3,(H,26,30). The molecule has 1 saturated heterocycles. The molecule has 3 aromatic rings. The van der Waals surface area contributed by atoms with E-state index < -0.39 is 0 Å². The molecule has 160 valence electrons. The van der Waals surface area contributed by atoms with Crippen LogP contribution in [0.1, 0.15) is 24.0 Å². The molecule has 0 spiro atoms. The van der Waals surface area contributed by atoms with Crippen LogP contribution in [0, 0.1) is 19.8 Å². The van der Waals surface area contributed by atoms with Gasteiger partial charge in [-0.3, -0.25) is 4.79 Å². The van der Waals surface area contributed by atoms with Gasteiger partial charge in [0.25, 0.3) is 0 Å². The van der Waals surface area contributed by atoms with Crippen molar-refractivity contribution >= 4 is 17.4 Å². The number of para-hydroxylation sites is 2. The smallest absolute Gasteiger partial charge is 0.229 e. The predicted molar refractivity (Wildman–Crippen MR) is 124 cm³/mol. The summed E-state index contributed by atoms with van der Waals surface area (Å²) in [4.78, 5) is 15.1. The van der Waals surface area contributed by atoms with Gasteiger partial charge in [-0.05, 0) is 62.1 Å². The number of amides is 1. The van der Waals surface area contributed by atoms with Crippen molar-refractivity contribution in [1.29, 1.82) is 0 Å². The average Bonchev–Trinajstić information content (AvgIpc) is 2.81. The number of nitrogens with one attached hydrogen (secondary N) is 1. The lowest BCUT2D eigenvalue weighted by Crippen LogP contribution is -2.41. The fraction of sp³-hybridized carbons (Fsp3) is 0.320. The zero-order chi connectivity index (χ0) is 21.8. The Balaban J connectivity index is 1.46. The van der Waals surface area contributed by atoms with Crippen LogP contribution in [-0.4, -0.2) is 36.3 Å². The van der Waals surface area contributed by atoms with E-state index in [1.54, 1.807) is 7.11 Å². The number of anilines is 2.